The van der Waals surface area contributed by atoms with Gasteiger partial charge in [0, 0.05) is 22.5 Å². The maximum Gasteiger partial charge on any atom is 0.240 e. The number of hydrogen-bond donors (Lipinski definition) is 2. The van der Waals surface area contributed by atoms with Crippen LogP contribution in [-0.2, 0) is 4.79 Å². The van der Waals surface area contributed by atoms with Crippen LogP contribution in [-0.4, -0.2) is 36.1 Å². The molecule has 1 aliphatic carbocycles. The molecule has 1 saturated carbocycles. The van der Waals surface area contributed by atoms with Gasteiger partial charge in [0.05, 0.1) is 12.1 Å². The van der Waals surface area contributed by atoms with Crippen LogP contribution in [0.15, 0.2) is 28.7 Å². The summed E-state index contributed by atoms with van der Waals surface area (Å²) >= 11 is 5.16. The van der Waals surface area contributed by atoms with Gasteiger partial charge in [0.15, 0.2) is 0 Å². The number of carbonyl (C=O) groups excluding carboxylic acids is 1. The van der Waals surface area contributed by atoms with Crippen LogP contribution in [0.25, 0.3) is 0 Å². The van der Waals surface area contributed by atoms with E-state index in [1.54, 1.807) is 11.8 Å². The van der Waals surface area contributed by atoms with Crippen molar-refractivity contribution in [2.75, 3.05) is 24.7 Å². The Hall–Kier alpha value is -0.720. The van der Waals surface area contributed by atoms with Crippen molar-refractivity contribution in [1.82, 2.24) is 5.32 Å². The Bertz CT molecular complexity index is 466. The Balaban J connectivity index is 1.49. The molecular formula is C14H19BrN2O2S. The third-order valence-corrected chi connectivity index (χ3v) is 4.51. The molecule has 0 aromatic heterocycles. The van der Waals surface area contributed by atoms with E-state index >= 15 is 0 Å². The molecule has 0 aliphatic heterocycles. The molecule has 1 amide bonds. The number of rotatable bonds is 8. The van der Waals surface area contributed by atoms with Crippen molar-refractivity contribution in [2.24, 2.45) is 5.73 Å². The van der Waals surface area contributed by atoms with E-state index in [-0.39, 0.29) is 5.91 Å². The van der Waals surface area contributed by atoms with Gasteiger partial charge in [-0.05, 0) is 31.0 Å². The van der Waals surface area contributed by atoms with Gasteiger partial charge >= 0.3 is 0 Å². The molecule has 4 nitrogen and oxygen atoms in total. The van der Waals surface area contributed by atoms with Crippen molar-refractivity contribution >= 4 is 33.6 Å². The van der Waals surface area contributed by atoms with Crippen molar-refractivity contribution in [1.29, 1.82) is 0 Å². The molecule has 0 radical (unpaired) electrons. The molecule has 3 N–H and O–H groups in total. The molecule has 0 unspecified atom stereocenters. The van der Waals surface area contributed by atoms with Gasteiger partial charge < -0.3 is 15.8 Å². The standard InChI is InChI=1S/C14H19BrN2O2S/c15-11-2-1-3-12(10-11)19-7-9-20-8-6-17-13(18)14(16)4-5-14/h1-3,10H,4-9,16H2,(H,17,18). The smallest absolute Gasteiger partial charge is 0.240 e. The number of ether oxygens (including phenoxy) is 1. The molecule has 1 aromatic carbocycles. The summed E-state index contributed by atoms with van der Waals surface area (Å²) in [5, 5.41) is 2.87. The fraction of sp³-hybridized carbons (Fsp3) is 0.500. The van der Waals surface area contributed by atoms with Crippen LogP contribution in [0.5, 0.6) is 5.75 Å². The first-order valence-corrected chi connectivity index (χ1v) is 8.58. The van der Waals surface area contributed by atoms with Crippen molar-refractivity contribution in [3.8, 4) is 5.75 Å². The van der Waals surface area contributed by atoms with Gasteiger partial charge in [-0.2, -0.15) is 11.8 Å². The molecule has 110 valence electrons. The van der Waals surface area contributed by atoms with E-state index in [2.05, 4.69) is 21.2 Å². The van der Waals surface area contributed by atoms with Crippen molar-refractivity contribution in [3.63, 3.8) is 0 Å². The molecule has 1 fully saturated rings. The zero-order chi connectivity index (χ0) is 14.4. The highest BCUT2D eigenvalue weighted by molar-refractivity contribution is 9.10. The lowest BCUT2D eigenvalue weighted by Crippen LogP contribution is -2.43. The molecule has 0 heterocycles. The molecule has 1 aliphatic rings. The first-order valence-electron chi connectivity index (χ1n) is 6.63. The zero-order valence-corrected chi connectivity index (χ0v) is 13.6. The molecule has 0 saturated heterocycles. The molecule has 0 spiro atoms. The highest BCUT2D eigenvalue weighted by atomic mass is 79.9. The van der Waals surface area contributed by atoms with Gasteiger partial charge in [0.1, 0.15) is 5.75 Å². The number of benzene rings is 1. The lowest BCUT2D eigenvalue weighted by atomic mass is 10.3. The topological polar surface area (TPSA) is 64.4 Å². The lowest BCUT2D eigenvalue weighted by molar-refractivity contribution is -0.123. The SMILES string of the molecule is NC1(C(=O)NCCSCCOc2cccc(Br)c2)CC1. The quantitative estimate of drug-likeness (QED) is 0.699. The predicted octanol–water partition coefficient (Wildman–Crippen LogP) is 2.17. The second kappa shape index (κ2) is 7.33. The number of hydrogen-bond acceptors (Lipinski definition) is 4. The van der Waals surface area contributed by atoms with Gasteiger partial charge in [0.2, 0.25) is 5.91 Å². The van der Waals surface area contributed by atoms with Gasteiger partial charge in [-0.15, -0.1) is 0 Å². The number of halogens is 1. The highest BCUT2D eigenvalue weighted by Gasteiger charge is 2.45. The summed E-state index contributed by atoms with van der Waals surface area (Å²) in [4.78, 5) is 11.6. The molecule has 20 heavy (non-hydrogen) atoms. The summed E-state index contributed by atoms with van der Waals surface area (Å²) < 4.78 is 6.64. The van der Waals surface area contributed by atoms with Crippen molar-refractivity contribution in [3.05, 3.63) is 28.7 Å². The van der Waals surface area contributed by atoms with Gasteiger partial charge in [-0.25, -0.2) is 0 Å². The van der Waals surface area contributed by atoms with Crippen LogP contribution in [0, 0.1) is 0 Å². The van der Waals surface area contributed by atoms with Gasteiger partial charge in [-0.1, -0.05) is 22.0 Å². The largest absolute Gasteiger partial charge is 0.493 e. The Morgan fingerprint density at radius 3 is 2.95 bits per heavy atom. The third-order valence-electron chi connectivity index (χ3n) is 3.07. The summed E-state index contributed by atoms with van der Waals surface area (Å²) in [6.45, 7) is 1.33. The predicted molar refractivity (Wildman–Crippen MR) is 86.1 cm³/mol. The summed E-state index contributed by atoms with van der Waals surface area (Å²) in [6, 6.07) is 7.80. The second-order valence-electron chi connectivity index (χ2n) is 4.83. The fourth-order valence-corrected chi connectivity index (χ4v) is 2.68. The summed E-state index contributed by atoms with van der Waals surface area (Å²) in [6.07, 6.45) is 1.62. The van der Waals surface area contributed by atoms with Crippen LogP contribution >= 0.6 is 27.7 Å². The second-order valence-corrected chi connectivity index (χ2v) is 6.97. The van der Waals surface area contributed by atoms with E-state index in [4.69, 9.17) is 10.5 Å². The monoisotopic (exact) mass is 358 g/mol. The first-order chi connectivity index (χ1) is 9.60. The Morgan fingerprint density at radius 1 is 1.45 bits per heavy atom. The minimum Gasteiger partial charge on any atom is -0.493 e. The molecule has 2 rings (SSSR count). The van der Waals surface area contributed by atoms with Gasteiger partial charge in [0.25, 0.3) is 0 Å². The number of thioether (sulfide) groups is 1. The highest BCUT2D eigenvalue weighted by Crippen LogP contribution is 2.31. The van der Waals surface area contributed by atoms with Crippen molar-refractivity contribution in [2.45, 2.75) is 18.4 Å². The fourth-order valence-electron chi connectivity index (χ4n) is 1.65. The molecule has 0 bridgehead atoms. The minimum atomic E-state index is -0.561. The van der Waals surface area contributed by atoms with Crippen LogP contribution < -0.4 is 15.8 Å². The van der Waals surface area contributed by atoms with Crippen molar-refractivity contribution < 1.29 is 9.53 Å². The Morgan fingerprint density at radius 2 is 2.25 bits per heavy atom. The molecular weight excluding hydrogens is 340 g/mol. The molecule has 6 heteroatoms. The minimum absolute atomic E-state index is 0.0107. The average molecular weight is 359 g/mol. The molecule has 0 atom stereocenters. The van der Waals surface area contributed by atoms with E-state index in [0.29, 0.717) is 13.2 Å². The Labute approximate surface area is 132 Å². The molecule has 1 aromatic rings. The lowest BCUT2D eigenvalue weighted by Gasteiger charge is -2.10. The van der Waals surface area contributed by atoms with Crippen LogP contribution in [0.4, 0.5) is 0 Å². The van der Waals surface area contributed by atoms with Crippen LogP contribution in [0.3, 0.4) is 0 Å². The zero-order valence-electron chi connectivity index (χ0n) is 11.2. The average Bonchev–Trinajstić information content (AvgIpc) is 3.17. The van der Waals surface area contributed by atoms with E-state index in [1.165, 1.54) is 0 Å². The third kappa shape index (κ3) is 5.00. The normalized spacial score (nSPS) is 15.7. The van der Waals surface area contributed by atoms with E-state index in [9.17, 15) is 4.79 Å². The van der Waals surface area contributed by atoms with Gasteiger partial charge in [-0.3, -0.25) is 4.79 Å². The summed E-state index contributed by atoms with van der Waals surface area (Å²) in [5.74, 6) is 2.63. The number of nitrogens with two attached hydrogens (primary N) is 1. The summed E-state index contributed by atoms with van der Waals surface area (Å²) in [5.41, 5.74) is 5.23. The van der Waals surface area contributed by atoms with E-state index in [0.717, 1.165) is 34.6 Å². The maximum absolute atomic E-state index is 11.6. The number of nitrogens with one attached hydrogen (secondary N) is 1. The van der Waals surface area contributed by atoms with Crippen LogP contribution in [0.1, 0.15) is 12.8 Å². The maximum atomic E-state index is 11.6. The number of amides is 1. The summed E-state index contributed by atoms with van der Waals surface area (Å²) in [7, 11) is 0. The Kier molecular flexibility index (Phi) is 5.74. The van der Waals surface area contributed by atoms with E-state index in [1.807, 2.05) is 24.3 Å². The van der Waals surface area contributed by atoms with Crippen LogP contribution in [0.2, 0.25) is 0 Å². The van der Waals surface area contributed by atoms with E-state index < -0.39 is 5.54 Å². The number of carbonyl (C=O) groups is 1. The first kappa shape index (κ1) is 15.7.